The van der Waals surface area contributed by atoms with Gasteiger partial charge in [0.2, 0.25) is 17.8 Å². The van der Waals surface area contributed by atoms with E-state index in [1.807, 2.05) is 50.4 Å². The first-order chi connectivity index (χ1) is 15.9. The number of anilines is 1. The van der Waals surface area contributed by atoms with Crippen molar-refractivity contribution in [2.45, 2.75) is 33.1 Å². The molecule has 1 aromatic heterocycles. The van der Waals surface area contributed by atoms with Crippen molar-refractivity contribution in [3.05, 3.63) is 66.6 Å². The molecule has 7 heteroatoms. The lowest BCUT2D eigenvalue weighted by Crippen LogP contribution is -2.40. The van der Waals surface area contributed by atoms with Crippen molar-refractivity contribution in [2.24, 2.45) is 11.8 Å². The molecule has 0 bridgehead atoms. The second kappa shape index (κ2) is 9.98. The highest BCUT2D eigenvalue weighted by atomic mass is 19.1. The van der Waals surface area contributed by atoms with Crippen LogP contribution in [0, 0.1) is 17.7 Å². The number of carbonyl (C=O) groups excluding carboxylic acids is 2. The molecule has 1 fully saturated rings. The molecule has 3 aromatic rings. The lowest BCUT2D eigenvalue weighted by atomic mass is 10.1. The minimum absolute atomic E-state index is 0.00102. The van der Waals surface area contributed by atoms with Gasteiger partial charge in [-0.1, -0.05) is 44.2 Å². The number of hydrogen-bond acceptors (Lipinski definition) is 3. The van der Waals surface area contributed by atoms with E-state index in [4.69, 9.17) is 0 Å². The van der Waals surface area contributed by atoms with Crippen molar-refractivity contribution < 1.29 is 14.0 Å². The highest BCUT2D eigenvalue weighted by Gasteiger charge is 2.28. The van der Waals surface area contributed by atoms with Gasteiger partial charge in [-0.05, 0) is 48.9 Å². The zero-order chi connectivity index (χ0) is 23.4. The van der Waals surface area contributed by atoms with Crippen molar-refractivity contribution >= 4 is 17.8 Å². The summed E-state index contributed by atoms with van der Waals surface area (Å²) in [5, 5.41) is 2.87. The molecule has 0 unspecified atom stereocenters. The van der Waals surface area contributed by atoms with E-state index < -0.39 is 0 Å². The summed E-state index contributed by atoms with van der Waals surface area (Å²) < 4.78 is 15.2. The van der Waals surface area contributed by atoms with Crippen LogP contribution in [0.15, 0.2) is 60.8 Å². The summed E-state index contributed by atoms with van der Waals surface area (Å²) >= 11 is 0. The van der Waals surface area contributed by atoms with E-state index in [0.29, 0.717) is 36.2 Å². The molecule has 0 radical (unpaired) electrons. The second-order valence-corrected chi connectivity index (χ2v) is 9.03. The molecule has 1 saturated carbocycles. The maximum Gasteiger partial charge on any atom is 0.246 e. The van der Waals surface area contributed by atoms with Gasteiger partial charge in [-0.2, -0.15) is 0 Å². The first-order valence-electron chi connectivity index (χ1n) is 11.4. The van der Waals surface area contributed by atoms with Gasteiger partial charge in [-0.25, -0.2) is 9.37 Å². The summed E-state index contributed by atoms with van der Waals surface area (Å²) in [5.74, 6) is 0.397. The first kappa shape index (κ1) is 22.7. The Bertz CT molecular complexity index is 1110. The molecule has 1 aliphatic rings. The Morgan fingerprint density at radius 3 is 2.45 bits per heavy atom. The number of carbonyl (C=O) groups is 2. The third-order valence-electron chi connectivity index (χ3n) is 5.58. The van der Waals surface area contributed by atoms with Gasteiger partial charge in [0.1, 0.15) is 5.82 Å². The van der Waals surface area contributed by atoms with Crippen molar-refractivity contribution in [3.63, 3.8) is 0 Å². The maximum atomic E-state index is 13.5. The average molecular weight is 449 g/mol. The van der Waals surface area contributed by atoms with Gasteiger partial charge in [0.05, 0.1) is 12.2 Å². The van der Waals surface area contributed by atoms with Crippen molar-refractivity contribution in [2.75, 3.05) is 18.4 Å². The van der Waals surface area contributed by atoms with Gasteiger partial charge in [0, 0.05) is 30.4 Å². The van der Waals surface area contributed by atoms with E-state index in [1.165, 1.54) is 12.1 Å². The van der Waals surface area contributed by atoms with Gasteiger partial charge in [0.25, 0.3) is 0 Å². The standard InChI is InChI=1S/C26H29FN4O2/c1-18(2)14-25(33)30(15-19-8-9-19)17-24(32)29-26-28-23(20-6-4-3-5-7-20)16-31(26)22-12-10-21(27)11-13-22/h3-7,10-13,16,18-19H,8-9,14-15,17H2,1-2H3,(H,28,29,32). The molecule has 0 aliphatic heterocycles. The van der Waals surface area contributed by atoms with E-state index >= 15 is 0 Å². The van der Waals surface area contributed by atoms with Gasteiger partial charge in [-0.15, -0.1) is 0 Å². The number of rotatable bonds is 9. The van der Waals surface area contributed by atoms with E-state index in [1.54, 1.807) is 21.6 Å². The van der Waals surface area contributed by atoms with Crippen LogP contribution in [0.4, 0.5) is 10.3 Å². The molecule has 2 aromatic carbocycles. The van der Waals surface area contributed by atoms with E-state index in [9.17, 15) is 14.0 Å². The number of aromatic nitrogens is 2. The minimum Gasteiger partial charge on any atom is -0.333 e. The normalized spacial score (nSPS) is 13.2. The molecule has 4 rings (SSSR count). The van der Waals surface area contributed by atoms with Gasteiger partial charge < -0.3 is 4.90 Å². The smallest absolute Gasteiger partial charge is 0.246 e. The van der Waals surface area contributed by atoms with E-state index in [0.717, 1.165) is 18.4 Å². The van der Waals surface area contributed by atoms with Crippen LogP contribution in [0.5, 0.6) is 0 Å². The largest absolute Gasteiger partial charge is 0.333 e. The third kappa shape index (κ3) is 6.06. The fourth-order valence-corrected chi connectivity index (χ4v) is 3.70. The zero-order valence-electron chi connectivity index (χ0n) is 19.0. The SMILES string of the molecule is CC(C)CC(=O)N(CC(=O)Nc1nc(-c2ccccc2)cn1-c1ccc(F)cc1)CC1CC1. The molecule has 0 saturated heterocycles. The number of nitrogens with zero attached hydrogens (tertiary/aromatic N) is 3. The Balaban J connectivity index is 1.57. The van der Waals surface area contributed by atoms with Crippen LogP contribution in [0.2, 0.25) is 0 Å². The average Bonchev–Trinajstić information content (AvgIpc) is 3.51. The zero-order valence-corrected chi connectivity index (χ0v) is 19.0. The Hall–Kier alpha value is -3.48. The molecule has 2 amide bonds. The molecular weight excluding hydrogens is 419 g/mol. The fourth-order valence-electron chi connectivity index (χ4n) is 3.70. The number of hydrogen-bond donors (Lipinski definition) is 1. The molecule has 1 heterocycles. The van der Waals surface area contributed by atoms with E-state index in [-0.39, 0.29) is 30.1 Å². The molecule has 6 nitrogen and oxygen atoms in total. The van der Waals surface area contributed by atoms with E-state index in [2.05, 4.69) is 10.3 Å². The van der Waals surface area contributed by atoms with Crippen molar-refractivity contribution in [1.29, 1.82) is 0 Å². The Kier molecular flexibility index (Phi) is 6.87. The number of nitrogens with one attached hydrogen (secondary N) is 1. The number of imidazole rings is 1. The minimum atomic E-state index is -0.341. The monoisotopic (exact) mass is 448 g/mol. The maximum absolute atomic E-state index is 13.5. The third-order valence-corrected chi connectivity index (χ3v) is 5.58. The molecule has 1 N–H and O–H groups in total. The summed E-state index contributed by atoms with van der Waals surface area (Å²) in [5.41, 5.74) is 2.25. The first-order valence-corrected chi connectivity index (χ1v) is 11.4. The van der Waals surface area contributed by atoms with Crippen LogP contribution in [0.1, 0.15) is 33.1 Å². The lowest BCUT2D eigenvalue weighted by Gasteiger charge is -2.23. The Labute approximate surface area is 193 Å². The fraction of sp³-hybridized carbons (Fsp3) is 0.346. The Morgan fingerprint density at radius 2 is 1.82 bits per heavy atom. The Morgan fingerprint density at radius 1 is 1.12 bits per heavy atom. The van der Waals surface area contributed by atoms with Crippen LogP contribution in [0.3, 0.4) is 0 Å². The van der Waals surface area contributed by atoms with Gasteiger partial charge >= 0.3 is 0 Å². The second-order valence-electron chi connectivity index (χ2n) is 9.03. The number of halogens is 1. The summed E-state index contributed by atoms with van der Waals surface area (Å²) in [4.78, 5) is 32.0. The quantitative estimate of drug-likeness (QED) is 0.506. The van der Waals surface area contributed by atoms with Crippen LogP contribution in [0.25, 0.3) is 16.9 Å². The highest BCUT2D eigenvalue weighted by molar-refractivity contribution is 5.94. The van der Waals surface area contributed by atoms with Crippen LogP contribution < -0.4 is 5.32 Å². The summed E-state index contributed by atoms with van der Waals surface area (Å²) in [6, 6.07) is 15.6. The van der Waals surface area contributed by atoms with Crippen molar-refractivity contribution in [1.82, 2.24) is 14.5 Å². The summed E-state index contributed by atoms with van der Waals surface area (Å²) in [6.45, 7) is 4.59. The molecule has 33 heavy (non-hydrogen) atoms. The van der Waals surface area contributed by atoms with Crippen LogP contribution in [-0.4, -0.2) is 39.4 Å². The molecular formula is C26H29FN4O2. The summed E-state index contributed by atoms with van der Waals surface area (Å²) in [6.07, 6.45) is 4.43. The number of amides is 2. The lowest BCUT2D eigenvalue weighted by molar-refractivity contribution is -0.135. The summed E-state index contributed by atoms with van der Waals surface area (Å²) in [7, 11) is 0. The highest BCUT2D eigenvalue weighted by Crippen LogP contribution is 2.30. The van der Waals surface area contributed by atoms with Crippen LogP contribution >= 0.6 is 0 Å². The molecule has 172 valence electrons. The van der Waals surface area contributed by atoms with Gasteiger partial charge in [0.15, 0.2) is 0 Å². The molecule has 0 atom stereocenters. The van der Waals surface area contributed by atoms with Crippen LogP contribution in [-0.2, 0) is 9.59 Å². The van der Waals surface area contributed by atoms with Gasteiger partial charge in [-0.3, -0.25) is 19.5 Å². The molecule has 0 spiro atoms. The topological polar surface area (TPSA) is 67.2 Å². The number of benzene rings is 2. The predicted octanol–water partition coefficient (Wildman–Crippen LogP) is 4.90. The van der Waals surface area contributed by atoms with Crippen molar-refractivity contribution in [3.8, 4) is 16.9 Å². The molecule has 1 aliphatic carbocycles. The predicted molar refractivity (Wildman–Crippen MR) is 126 cm³/mol.